The Balaban J connectivity index is 1.65. The molecule has 7 nitrogen and oxygen atoms in total. The summed E-state index contributed by atoms with van der Waals surface area (Å²) in [6.45, 7) is 3.89. The Hall–Kier alpha value is -3.34. The van der Waals surface area contributed by atoms with E-state index in [1.165, 1.54) is 12.1 Å². The smallest absolute Gasteiger partial charge is 0.342 e. The number of rotatable bonds is 8. The number of hydrogen-bond acceptors (Lipinski definition) is 5. The lowest BCUT2D eigenvalue weighted by Crippen LogP contribution is -2.33. The van der Waals surface area contributed by atoms with Gasteiger partial charge in [0.05, 0.1) is 17.4 Å². The minimum absolute atomic E-state index is 0.0117. The highest BCUT2D eigenvalue weighted by atomic mass is 32.2. The Morgan fingerprint density at radius 1 is 1.06 bits per heavy atom. The topological polar surface area (TPSA) is 88.9 Å². The van der Waals surface area contributed by atoms with Crippen LogP contribution in [-0.4, -0.2) is 32.3 Å². The van der Waals surface area contributed by atoms with Crippen LogP contribution in [0.2, 0.25) is 0 Å². The number of benzene rings is 2. The van der Waals surface area contributed by atoms with Crippen LogP contribution < -0.4 is 10.6 Å². The first-order valence-electron chi connectivity index (χ1n) is 10.4. The van der Waals surface area contributed by atoms with Crippen LogP contribution in [0.15, 0.2) is 59.8 Å². The summed E-state index contributed by atoms with van der Waals surface area (Å²) in [7, 11) is 1.73. The van der Waals surface area contributed by atoms with E-state index in [0.29, 0.717) is 16.5 Å². The van der Waals surface area contributed by atoms with E-state index in [4.69, 9.17) is 0 Å². The number of hydrogen-bond donors (Lipinski definition) is 2. The minimum atomic E-state index is -4.49. The van der Waals surface area contributed by atoms with Crippen LogP contribution in [0.5, 0.6) is 0 Å². The van der Waals surface area contributed by atoms with E-state index in [9.17, 15) is 22.8 Å². The molecule has 3 aromatic rings. The lowest BCUT2D eigenvalue weighted by Gasteiger charge is -2.21. The number of nitrogens with one attached hydrogen (secondary N) is 2. The maximum Gasteiger partial charge on any atom is 0.416 e. The Morgan fingerprint density at radius 3 is 2.41 bits per heavy atom. The van der Waals surface area contributed by atoms with Crippen molar-refractivity contribution in [2.75, 3.05) is 11.1 Å². The van der Waals surface area contributed by atoms with Gasteiger partial charge in [0.15, 0.2) is 11.0 Å². The molecule has 0 radical (unpaired) electrons. The van der Waals surface area contributed by atoms with E-state index in [1.54, 1.807) is 35.9 Å². The first-order valence-corrected chi connectivity index (χ1v) is 11.4. The van der Waals surface area contributed by atoms with Crippen LogP contribution in [0.25, 0.3) is 0 Å². The van der Waals surface area contributed by atoms with E-state index in [1.807, 2.05) is 19.9 Å². The number of anilines is 1. The molecule has 0 fully saturated rings. The number of carbonyl (C=O) groups is 2. The fourth-order valence-electron chi connectivity index (χ4n) is 3.17. The van der Waals surface area contributed by atoms with Crippen molar-refractivity contribution in [3.63, 3.8) is 0 Å². The molecule has 11 heteroatoms. The van der Waals surface area contributed by atoms with Gasteiger partial charge in [-0.3, -0.25) is 9.59 Å². The van der Waals surface area contributed by atoms with Crippen molar-refractivity contribution < 1.29 is 22.8 Å². The van der Waals surface area contributed by atoms with E-state index in [2.05, 4.69) is 20.8 Å². The summed E-state index contributed by atoms with van der Waals surface area (Å²) in [6.07, 6.45) is -4.49. The van der Waals surface area contributed by atoms with Gasteiger partial charge in [0.1, 0.15) is 0 Å². The molecule has 0 unspecified atom stereocenters. The van der Waals surface area contributed by atoms with Crippen molar-refractivity contribution >= 4 is 29.3 Å². The zero-order chi connectivity index (χ0) is 24.9. The average molecular weight is 492 g/mol. The predicted molar refractivity (Wildman–Crippen MR) is 123 cm³/mol. The molecule has 0 aliphatic carbocycles. The second-order valence-corrected chi connectivity index (χ2v) is 8.82. The minimum Gasteiger partial charge on any atom is -0.342 e. The standard InChI is InChI=1S/C23H24F3N5O2S/c1-14(2)19(28-21(33)15-8-5-4-6-9-15)20-29-30-22(31(20)3)34-13-18(32)27-17-11-7-10-16(12-17)23(24,25)26/h4-12,14,19H,13H2,1-3H3,(H,27,32)(H,28,33)/t19-/m0/s1. The highest BCUT2D eigenvalue weighted by Gasteiger charge is 2.30. The van der Waals surface area contributed by atoms with Crippen molar-refractivity contribution in [1.29, 1.82) is 0 Å². The van der Waals surface area contributed by atoms with E-state index in [0.717, 1.165) is 23.9 Å². The molecule has 0 aliphatic heterocycles. The monoisotopic (exact) mass is 491 g/mol. The highest BCUT2D eigenvalue weighted by Crippen LogP contribution is 2.31. The number of alkyl halides is 3. The molecular formula is C23H24F3N5O2S. The fourth-order valence-corrected chi connectivity index (χ4v) is 3.88. The third-order valence-electron chi connectivity index (χ3n) is 4.94. The first kappa shape index (κ1) is 25.3. The zero-order valence-electron chi connectivity index (χ0n) is 18.8. The third kappa shape index (κ3) is 6.37. The van der Waals surface area contributed by atoms with E-state index < -0.39 is 23.7 Å². The number of halogens is 3. The molecule has 1 aromatic heterocycles. The van der Waals surface area contributed by atoms with Crippen molar-refractivity contribution in [2.24, 2.45) is 13.0 Å². The number of aromatic nitrogens is 3. The van der Waals surface area contributed by atoms with Gasteiger partial charge in [-0.05, 0) is 36.2 Å². The van der Waals surface area contributed by atoms with Gasteiger partial charge in [0.25, 0.3) is 5.91 Å². The zero-order valence-corrected chi connectivity index (χ0v) is 19.6. The Kier molecular flexibility index (Phi) is 7.98. The normalized spacial score (nSPS) is 12.4. The van der Waals surface area contributed by atoms with Crippen LogP contribution in [-0.2, 0) is 18.0 Å². The molecule has 180 valence electrons. The molecule has 0 spiro atoms. The van der Waals surface area contributed by atoms with E-state index >= 15 is 0 Å². The van der Waals surface area contributed by atoms with E-state index in [-0.39, 0.29) is 23.3 Å². The van der Waals surface area contributed by atoms with Crippen LogP contribution in [0.1, 0.15) is 41.6 Å². The summed E-state index contributed by atoms with van der Waals surface area (Å²) in [5, 5.41) is 14.2. The third-order valence-corrected chi connectivity index (χ3v) is 5.96. The predicted octanol–water partition coefficient (Wildman–Crippen LogP) is 4.69. The van der Waals surface area contributed by atoms with Gasteiger partial charge >= 0.3 is 6.18 Å². The molecule has 2 aromatic carbocycles. The van der Waals surface area contributed by atoms with Gasteiger partial charge in [-0.2, -0.15) is 13.2 Å². The van der Waals surface area contributed by atoms with Gasteiger partial charge in [0.2, 0.25) is 5.91 Å². The van der Waals surface area contributed by atoms with Gasteiger partial charge in [0, 0.05) is 18.3 Å². The number of amides is 2. The number of thioether (sulfide) groups is 1. The second kappa shape index (κ2) is 10.7. The summed E-state index contributed by atoms with van der Waals surface area (Å²) < 4.78 is 40.3. The SMILES string of the molecule is CC(C)[C@H](NC(=O)c1ccccc1)c1nnc(SCC(=O)Nc2cccc(C(F)(F)F)c2)n1C. The highest BCUT2D eigenvalue weighted by molar-refractivity contribution is 7.99. The second-order valence-electron chi connectivity index (χ2n) is 7.88. The van der Waals surface area contributed by atoms with Crippen LogP contribution in [0, 0.1) is 5.92 Å². The lowest BCUT2D eigenvalue weighted by molar-refractivity contribution is -0.137. The fraction of sp³-hybridized carbons (Fsp3) is 0.304. The first-order chi connectivity index (χ1) is 16.1. The Morgan fingerprint density at radius 2 is 1.76 bits per heavy atom. The van der Waals surface area contributed by atoms with Crippen molar-refractivity contribution in [3.05, 3.63) is 71.5 Å². The summed E-state index contributed by atoms with van der Waals surface area (Å²) >= 11 is 1.09. The largest absolute Gasteiger partial charge is 0.416 e. The van der Waals surface area contributed by atoms with Crippen LogP contribution in [0.4, 0.5) is 18.9 Å². The van der Waals surface area contributed by atoms with Gasteiger partial charge in [-0.15, -0.1) is 10.2 Å². The van der Waals surface area contributed by atoms with Gasteiger partial charge < -0.3 is 15.2 Å². The number of carbonyl (C=O) groups excluding carboxylic acids is 2. The molecular weight excluding hydrogens is 467 g/mol. The molecule has 3 rings (SSSR count). The van der Waals surface area contributed by atoms with Crippen molar-refractivity contribution in [3.8, 4) is 0 Å². The van der Waals surface area contributed by atoms with Crippen LogP contribution >= 0.6 is 11.8 Å². The lowest BCUT2D eigenvalue weighted by atomic mass is 10.0. The Labute approximate surface area is 199 Å². The Bertz CT molecular complexity index is 1150. The average Bonchev–Trinajstić information content (AvgIpc) is 3.15. The maximum absolute atomic E-state index is 12.9. The van der Waals surface area contributed by atoms with Gasteiger partial charge in [-0.1, -0.05) is 49.9 Å². The molecule has 1 heterocycles. The quantitative estimate of drug-likeness (QED) is 0.446. The van der Waals surface area contributed by atoms with Crippen LogP contribution in [0.3, 0.4) is 0 Å². The molecule has 0 aliphatic rings. The molecule has 2 N–H and O–H groups in total. The maximum atomic E-state index is 12.9. The summed E-state index contributed by atoms with van der Waals surface area (Å²) in [5.41, 5.74) is -0.257. The summed E-state index contributed by atoms with van der Waals surface area (Å²) in [6, 6.07) is 12.8. The summed E-state index contributed by atoms with van der Waals surface area (Å²) in [4.78, 5) is 24.9. The number of nitrogens with zero attached hydrogens (tertiary/aromatic N) is 3. The van der Waals surface area contributed by atoms with Crippen molar-refractivity contribution in [2.45, 2.75) is 31.2 Å². The molecule has 0 bridgehead atoms. The molecule has 0 saturated heterocycles. The molecule has 0 saturated carbocycles. The van der Waals surface area contributed by atoms with Gasteiger partial charge in [-0.25, -0.2) is 0 Å². The summed E-state index contributed by atoms with van der Waals surface area (Å²) in [5.74, 6) is -0.258. The molecule has 2 amide bonds. The molecule has 1 atom stereocenters. The molecule has 34 heavy (non-hydrogen) atoms. The van der Waals surface area contributed by atoms with Crippen molar-refractivity contribution in [1.82, 2.24) is 20.1 Å².